The Kier molecular flexibility index (Phi) is 10.9. The number of aryl methyl sites for hydroxylation is 2. The van der Waals surface area contributed by atoms with E-state index < -0.39 is 59.5 Å². The number of esters is 1. The zero-order chi connectivity index (χ0) is 34.7. The van der Waals surface area contributed by atoms with Crippen molar-refractivity contribution in [2.45, 2.75) is 74.7 Å². The Bertz CT molecular complexity index is 1570. The second-order valence-electron chi connectivity index (χ2n) is 13.0. The van der Waals surface area contributed by atoms with Crippen LogP contribution in [0.2, 0.25) is 0 Å². The summed E-state index contributed by atoms with van der Waals surface area (Å²) in [4.78, 5) is 58.7. The van der Waals surface area contributed by atoms with Crippen molar-refractivity contribution in [1.29, 1.82) is 0 Å². The van der Waals surface area contributed by atoms with Crippen molar-refractivity contribution in [3.05, 3.63) is 90.5 Å². The van der Waals surface area contributed by atoms with Gasteiger partial charge in [-0.05, 0) is 56.4 Å². The molecule has 2 N–H and O–H groups in total. The van der Waals surface area contributed by atoms with Gasteiger partial charge in [0.2, 0.25) is 11.8 Å². The zero-order valence-corrected chi connectivity index (χ0v) is 29.2. The molecule has 0 aromatic heterocycles. The normalized spacial score (nSPS) is 26.8. The number of benzene rings is 2. The standard InChI is InChI=1S/C37H44BrN3O7/c1-6-8-14-29(43)47-21-27(25-12-10-9-11-13-25)39-34(44)30-31-35(45)41(24(5)20-42)33(37(31)19-26(38)32(30)48-37)36(46)40(17-7-2)28-18-22(3)15-16-23(28)4/h6-7,9-13,15-16,18,24,26-27,30-33,42H,1-2,8,14,17,19-21H2,3-5H3,(H,39,44)/t24-,26?,27-,30-,31+,32-,33-,37+/m1/s1. The number of alkyl halides is 1. The third-order valence-electron chi connectivity index (χ3n) is 9.72. The number of halogens is 1. The third kappa shape index (κ3) is 6.47. The quantitative estimate of drug-likeness (QED) is 0.169. The smallest absolute Gasteiger partial charge is 0.306 e. The lowest BCUT2D eigenvalue weighted by Gasteiger charge is -2.39. The van der Waals surface area contributed by atoms with Gasteiger partial charge in [-0.3, -0.25) is 19.2 Å². The molecule has 3 aliphatic rings. The summed E-state index contributed by atoms with van der Waals surface area (Å²) in [6, 6.07) is 12.5. The number of nitrogens with one attached hydrogen (secondary N) is 1. The van der Waals surface area contributed by atoms with Crippen LogP contribution in [0.3, 0.4) is 0 Å². The lowest BCUT2D eigenvalue weighted by molar-refractivity contribution is -0.146. The number of likely N-dealkylation sites (tertiary alicyclic amines) is 1. The maximum Gasteiger partial charge on any atom is 0.306 e. The van der Waals surface area contributed by atoms with Crippen LogP contribution in [-0.4, -0.2) is 82.1 Å². The summed E-state index contributed by atoms with van der Waals surface area (Å²) in [6.07, 6.45) is 3.53. The monoisotopic (exact) mass is 721 g/mol. The van der Waals surface area contributed by atoms with Gasteiger partial charge in [0, 0.05) is 23.5 Å². The minimum Gasteiger partial charge on any atom is -0.463 e. The summed E-state index contributed by atoms with van der Waals surface area (Å²) >= 11 is 3.72. The molecule has 256 valence electrons. The molecule has 1 spiro atoms. The highest BCUT2D eigenvalue weighted by molar-refractivity contribution is 9.09. The van der Waals surface area contributed by atoms with Crippen molar-refractivity contribution in [3.63, 3.8) is 0 Å². The average Bonchev–Trinajstić information content (AvgIpc) is 3.68. The summed E-state index contributed by atoms with van der Waals surface area (Å²) in [5.41, 5.74) is 1.93. The van der Waals surface area contributed by atoms with E-state index in [9.17, 15) is 24.3 Å². The number of anilines is 1. The third-order valence-corrected chi connectivity index (χ3v) is 10.6. The molecule has 2 bridgehead atoms. The number of carbonyl (C=O) groups excluding carboxylic acids is 4. The number of nitrogens with zero attached hydrogens (tertiary/aromatic N) is 2. The van der Waals surface area contributed by atoms with Crippen LogP contribution in [0, 0.1) is 25.7 Å². The fraction of sp³-hybridized carbons (Fsp3) is 0.459. The Hall–Kier alpha value is -3.80. The molecule has 3 aliphatic heterocycles. The molecule has 48 heavy (non-hydrogen) atoms. The van der Waals surface area contributed by atoms with Crippen molar-refractivity contribution >= 4 is 45.3 Å². The maximum atomic E-state index is 14.8. The van der Waals surface area contributed by atoms with E-state index in [-0.39, 0.29) is 36.9 Å². The number of amides is 3. The Labute approximate surface area is 290 Å². The van der Waals surface area contributed by atoms with Gasteiger partial charge < -0.3 is 29.7 Å². The van der Waals surface area contributed by atoms with E-state index in [0.717, 1.165) is 16.7 Å². The molecule has 0 radical (unpaired) electrons. The van der Waals surface area contributed by atoms with Gasteiger partial charge in [-0.25, -0.2) is 0 Å². The minimum atomic E-state index is -1.32. The van der Waals surface area contributed by atoms with E-state index in [1.165, 1.54) is 4.90 Å². The number of hydrogen-bond acceptors (Lipinski definition) is 7. The number of allylic oxidation sites excluding steroid dienone is 1. The maximum absolute atomic E-state index is 14.8. The van der Waals surface area contributed by atoms with Gasteiger partial charge >= 0.3 is 5.97 Å². The Morgan fingerprint density at radius 2 is 1.92 bits per heavy atom. The lowest BCUT2D eigenvalue weighted by Crippen LogP contribution is -2.59. The van der Waals surface area contributed by atoms with Gasteiger partial charge in [-0.15, -0.1) is 13.2 Å². The summed E-state index contributed by atoms with van der Waals surface area (Å²) in [6.45, 7) is 12.8. The fourth-order valence-corrected chi connectivity index (χ4v) is 8.39. The van der Waals surface area contributed by atoms with Gasteiger partial charge in [0.25, 0.3) is 5.91 Å². The van der Waals surface area contributed by atoms with Crippen LogP contribution < -0.4 is 10.2 Å². The van der Waals surface area contributed by atoms with Crippen LogP contribution >= 0.6 is 15.9 Å². The first-order valence-electron chi connectivity index (χ1n) is 16.3. The summed E-state index contributed by atoms with van der Waals surface area (Å²) < 4.78 is 12.2. The summed E-state index contributed by atoms with van der Waals surface area (Å²) in [5, 5.41) is 13.3. The summed E-state index contributed by atoms with van der Waals surface area (Å²) in [7, 11) is 0. The van der Waals surface area contributed by atoms with E-state index >= 15 is 0 Å². The number of aliphatic hydroxyl groups is 1. The number of rotatable bonds is 14. The number of carbonyl (C=O) groups is 4. The first-order chi connectivity index (χ1) is 23.0. The molecule has 3 saturated heterocycles. The van der Waals surface area contributed by atoms with Crippen molar-refractivity contribution in [3.8, 4) is 0 Å². The fourth-order valence-electron chi connectivity index (χ4n) is 7.45. The largest absolute Gasteiger partial charge is 0.463 e. The average molecular weight is 723 g/mol. The molecule has 3 heterocycles. The highest BCUT2D eigenvalue weighted by Gasteiger charge is 2.77. The minimum absolute atomic E-state index is 0.105. The van der Waals surface area contributed by atoms with E-state index in [1.807, 2.05) is 62.4 Å². The van der Waals surface area contributed by atoms with Crippen LogP contribution in [0.1, 0.15) is 48.9 Å². The SMILES string of the molecule is C=CCCC(=O)OC[C@@H](NC(=O)[C@H]1[C@@H]2O[C@@]3(CC2Br)[C@@H]1C(=O)N([C@H](C)CO)[C@@H]3C(=O)N(CC=C)c1cc(C)ccc1C)c1ccccc1. The molecule has 1 unspecified atom stereocenters. The molecule has 2 aromatic carbocycles. The first kappa shape index (κ1) is 35.5. The van der Waals surface area contributed by atoms with E-state index in [0.29, 0.717) is 18.5 Å². The van der Waals surface area contributed by atoms with Gasteiger partial charge in [0.05, 0.1) is 36.6 Å². The van der Waals surface area contributed by atoms with Crippen molar-refractivity contribution < 1.29 is 33.8 Å². The number of aliphatic hydroxyl groups excluding tert-OH is 1. The second-order valence-corrected chi connectivity index (χ2v) is 14.1. The highest BCUT2D eigenvalue weighted by Crippen LogP contribution is 2.60. The van der Waals surface area contributed by atoms with E-state index in [4.69, 9.17) is 9.47 Å². The Balaban J connectivity index is 1.50. The zero-order valence-electron chi connectivity index (χ0n) is 27.6. The molecule has 3 amide bonds. The number of fused-ring (bicyclic) bond motifs is 1. The van der Waals surface area contributed by atoms with E-state index in [1.54, 1.807) is 24.0 Å². The molecule has 0 aliphatic carbocycles. The first-order valence-corrected chi connectivity index (χ1v) is 17.3. The van der Waals surface area contributed by atoms with Crippen molar-refractivity contribution in [2.75, 3.05) is 24.7 Å². The molecule has 8 atom stereocenters. The van der Waals surface area contributed by atoms with Gasteiger partial charge in [0.1, 0.15) is 18.2 Å². The predicted octanol–water partition coefficient (Wildman–Crippen LogP) is 4.32. The molecule has 2 aromatic rings. The van der Waals surface area contributed by atoms with Crippen LogP contribution in [-0.2, 0) is 28.7 Å². The van der Waals surface area contributed by atoms with Gasteiger partial charge in [-0.1, -0.05) is 70.5 Å². The molecule has 10 nitrogen and oxygen atoms in total. The van der Waals surface area contributed by atoms with Crippen LogP contribution in [0.15, 0.2) is 73.8 Å². The second kappa shape index (κ2) is 14.8. The number of ether oxygens (including phenoxy) is 2. The van der Waals surface area contributed by atoms with Crippen molar-refractivity contribution in [2.24, 2.45) is 11.8 Å². The summed E-state index contributed by atoms with van der Waals surface area (Å²) in [5.74, 6) is -3.56. The highest BCUT2D eigenvalue weighted by atomic mass is 79.9. The van der Waals surface area contributed by atoms with Crippen LogP contribution in [0.5, 0.6) is 0 Å². The van der Waals surface area contributed by atoms with Crippen LogP contribution in [0.4, 0.5) is 5.69 Å². The lowest BCUT2D eigenvalue weighted by atomic mass is 9.70. The van der Waals surface area contributed by atoms with Gasteiger partial charge in [0.15, 0.2) is 0 Å². The number of hydrogen-bond donors (Lipinski definition) is 2. The van der Waals surface area contributed by atoms with Crippen LogP contribution in [0.25, 0.3) is 0 Å². The topological polar surface area (TPSA) is 125 Å². The molecular formula is C37H44BrN3O7. The Morgan fingerprint density at radius 3 is 2.58 bits per heavy atom. The van der Waals surface area contributed by atoms with Crippen molar-refractivity contribution in [1.82, 2.24) is 10.2 Å². The molecule has 11 heteroatoms. The molecule has 0 saturated carbocycles. The van der Waals surface area contributed by atoms with Gasteiger partial charge in [-0.2, -0.15) is 0 Å². The molecule has 5 rings (SSSR count). The molecule has 3 fully saturated rings. The molecular weight excluding hydrogens is 678 g/mol. The predicted molar refractivity (Wildman–Crippen MR) is 185 cm³/mol. The Morgan fingerprint density at radius 1 is 1.19 bits per heavy atom. The van der Waals surface area contributed by atoms with E-state index in [2.05, 4.69) is 34.4 Å².